The minimum atomic E-state index is -0.538. The van der Waals surface area contributed by atoms with Crippen molar-refractivity contribution in [2.24, 2.45) is 10.7 Å². The average Bonchev–Trinajstić information content (AvgIpc) is 3.11. The summed E-state index contributed by atoms with van der Waals surface area (Å²) < 4.78 is 13.1. The van der Waals surface area contributed by atoms with Crippen LogP contribution in [0.25, 0.3) is 0 Å². The molecule has 4 rings (SSSR count). The molecule has 0 spiro atoms. The number of hydrogen-bond donors (Lipinski definition) is 2. The lowest BCUT2D eigenvalue weighted by atomic mass is 9.95. The number of nitrogens with two attached hydrogens (primary N) is 1. The van der Waals surface area contributed by atoms with Crippen molar-refractivity contribution in [2.75, 3.05) is 12.4 Å². The molecule has 1 atom stereocenters. The highest BCUT2D eigenvalue weighted by atomic mass is 19.1. The molecule has 3 aromatic carbocycles. The Balaban J connectivity index is 1.44. The van der Waals surface area contributed by atoms with E-state index in [1.165, 1.54) is 12.1 Å². The van der Waals surface area contributed by atoms with Gasteiger partial charge < -0.3 is 11.1 Å². The molecule has 1 heterocycles. The highest BCUT2D eigenvalue weighted by Crippen LogP contribution is 2.35. The van der Waals surface area contributed by atoms with Crippen molar-refractivity contribution in [3.8, 4) is 0 Å². The number of carbonyl (C=O) groups excluding carboxylic acids is 2. The van der Waals surface area contributed by atoms with Crippen LogP contribution in [-0.2, 0) is 17.9 Å². The Bertz CT molecular complexity index is 1220. The van der Waals surface area contributed by atoms with Gasteiger partial charge in [-0.2, -0.15) is 0 Å². The van der Waals surface area contributed by atoms with Gasteiger partial charge in [0.2, 0.25) is 11.8 Å². The fourth-order valence-corrected chi connectivity index (χ4v) is 4.04. The second-order valence-electron chi connectivity index (χ2n) is 8.31. The number of hydrogen-bond acceptors (Lipinski definition) is 4. The molecule has 0 fully saturated rings. The highest BCUT2D eigenvalue weighted by molar-refractivity contribution is 6.18. The largest absolute Gasteiger partial charge is 0.366 e. The zero-order chi connectivity index (χ0) is 23.5. The predicted molar refractivity (Wildman–Crippen MR) is 127 cm³/mol. The van der Waals surface area contributed by atoms with Gasteiger partial charge in [-0.15, -0.1) is 0 Å². The number of primary amides is 1. The SMILES string of the molecule is CC(=Nc1ccc(CN(C)Cc2ccc(F)cc2)cc1)C1C(=O)Nc2cc(C(N)=O)ccc21. The first-order chi connectivity index (χ1) is 15.8. The molecule has 0 saturated carbocycles. The molecule has 7 heteroatoms. The third kappa shape index (κ3) is 5.15. The summed E-state index contributed by atoms with van der Waals surface area (Å²) >= 11 is 0. The van der Waals surface area contributed by atoms with Crippen LogP contribution >= 0.6 is 0 Å². The lowest BCUT2D eigenvalue weighted by Gasteiger charge is -2.17. The lowest BCUT2D eigenvalue weighted by Crippen LogP contribution is -2.18. The second-order valence-corrected chi connectivity index (χ2v) is 8.31. The van der Waals surface area contributed by atoms with E-state index in [0.717, 1.165) is 28.9 Å². The summed E-state index contributed by atoms with van der Waals surface area (Å²) in [6.45, 7) is 3.28. The molecule has 3 aromatic rings. The first-order valence-corrected chi connectivity index (χ1v) is 10.6. The fourth-order valence-electron chi connectivity index (χ4n) is 4.04. The zero-order valence-electron chi connectivity index (χ0n) is 18.5. The van der Waals surface area contributed by atoms with Crippen molar-refractivity contribution in [3.05, 3.63) is 94.8 Å². The molecule has 0 radical (unpaired) electrons. The molecule has 0 bridgehead atoms. The van der Waals surface area contributed by atoms with Crippen LogP contribution in [0.5, 0.6) is 0 Å². The zero-order valence-corrected chi connectivity index (χ0v) is 18.5. The standard InChI is InChI=1S/C26H25FN4O2/c1-16(24-22-12-7-19(25(28)32)13-23(22)30-26(24)33)29-21-10-5-18(6-11-21)15-31(2)14-17-3-8-20(27)9-4-17/h3-13,24H,14-15H2,1-2H3,(H2,28,32)(H,30,33). The Morgan fingerprint density at radius 2 is 1.64 bits per heavy atom. The number of aliphatic imine (C=N–C) groups is 1. The Kier molecular flexibility index (Phi) is 6.33. The summed E-state index contributed by atoms with van der Waals surface area (Å²) in [4.78, 5) is 30.8. The van der Waals surface area contributed by atoms with Crippen LogP contribution < -0.4 is 11.1 Å². The number of nitrogens with one attached hydrogen (secondary N) is 1. The van der Waals surface area contributed by atoms with Crippen molar-refractivity contribution in [1.29, 1.82) is 0 Å². The van der Waals surface area contributed by atoms with Gasteiger partial charge >= 0.3 is 0 Å². The molecule has 1 aliphatic heterocycles. The Morgan fingerprint density at radius 1 is 1.03 bits per heavy atom. The monoisotopic (exact) mass is 444 g/mol. The molecular weight excluding hydrogens is 419 g/mol. The Hall–Kier alpha value is -3.84. The van der Waals surface area contributed by atoms with Gasteiger partial charge in [0.15, 0.2) is 0 Å². The third-order valence-corrected chi connectivity index (χ3v) is 5.65. The maximum absolute atomic E-state index is 13.1. The maximum Gasteiger partial charge on any atom is 0.248 e. The molecule has 1 unspecified atom stereocenters. The Morgan fingerprint density at radius 3 is 2.24 bits per heavy atom. The summed E-state index contributed by atoms with van der Waals surface area (Å²) in [5, 5.41) is 2.81. The quantitative estimate of drug-likeness (QED) is 0.530. The van der Waals surface area contributed by atoms with Crippen LogP contribution in [0, 0.1) is 5.82 Å². The van der Waals surface area contributed by atoms with Crippen molar-refractivity contribution < 1.29 is 14.0 Å². The van der Waals surface area contributed by atoms with Gasteiger partial charge in [0.25, 0.3) is 0 Å². The molecule has 33 heavy (non-hydrogen) atoms. The molecule has 0 aliphatic carbocycles. The van der Waals surface area contributed by atoms with E-state index in [9.17, 15) is 14.0 Å². The summed E-state index contributed by atoms with van der Waals surface area (Å²) in [7, 11) is 2.01. The summed E-state index contributed by atoms with van der Waals surface area (Å²) in [6, 6.07) is 19.4. The minimum Gasteiger partial charge on any atom is -0.366 e. The van der Waals surface area contributed by atoms with Gasteiger partial charge in [-0.1, -0.05) is 30.3 Å². The molecule has 168 valence electrons. The first-order valence-electron chi connectivity index (χ1n) is 10.6. The summed E-state index contributed by atoms with van der Waals surface area (Å²) in [5.74, 6) is -1.46. The van der Waals surface area contributed by atoms with Crippen LogP contribution in [0.4, 0.5) is 15.8 Å². The topological polar surface area (TPSA) is 87.8 Å². The number of rotatable bonds is 7. The van der Waals surface area contributed by atoms with E-state index < -0.39 is 11.8 Å². The van der Waals surface area contributed by atoms with Crippen molar-refractivity contribution in [3.63, 3.8) is 0 Å². The van der Waals surface area contributed by atoms with Crippen LogP contribution in [0.15, 0.2) is 71.7 Å². The van der Waals surface area contributed by atoms with E-state index in [-0.39, 0.29) is 11.7 Å². The van der Waals surface area contributed by atoms with E-state index in [0.29, 0.717) is 23.5 Å². The molecular formula is C26H25FN4O2. The summed E-state index contributed by atoms with van der Waals surface area (Å²) in [5.41, 5.74) is 10.7. The minimum absolute atomic E-state index is 0.174. The molecule has 1 aliphatic rings. The third-order valence-electron chi connectivity index (χ3n) is 5.65. The maximum atomic E-state index is 13.1. The van der Waals surface area contributed by atoms with E-state index in [1.807, 2.05) is 38.2 Å². The van der Waals surface area contributed by atoms with Gasteiger partial charge in [0.1, 0.15) is 11.7 Å². The second kappa shape index (κ2) is 9.34. The van der Waals surface area contributed by atoms with E-state index in [1.54, 1.807) is 30.3 Å². The average molecular weight is 445 g/mol. The highest BCUT2D eigenvalue weighted by Gasteiger charge is 2.33. The van der Waals surface area contributed by atoms with Crippen LogP contribution in [0.2, 0.25) is 0 Å². The normalized spacial score (nSPS) is 15.5. The van der Waals surface area contributed by atoms with Gasteiger partial charge in [-0.3, -0.25) is 19.5 Å². The first kappa shape index (κ1) is 22.4. The van der Waals surface area contributed by atoms with Crippen LogP contribution in [0.3, 0.4) is 0 Å². The fraction of sp³-hybridized carbons (Fsp3) is 0.192. The van der Waals surface area contributed by atoms with Gasteiger partial charge in [-0.25, -0.2) is 4.39 Å². The van der Waals surface area contributed by atoms with Gasteiger partial charge in [0, 0.05) is 30.1 Å². The molecule has 3 N–H and O–H groups in total. The number of fused-ring (bicyclic) bond motifs is 1. The van der Waals surface area contributed by atoms with Crippen molar-refractivity contribution >= 4 is 28.9 Å². The molecule has 6 nitrogen and oxygen atoms in total. The van der Waals surface area contributed by atoms with E-state index >= 15 is 0 Å². The van der Waals surface area contributed by atoms with E-state index in [4.69, 9.17) is 5.73 Å². The molecule has 0 saturated heterocycles. The smallest absolute Gasteiger partial charge is 0.248 e. The van der Waals surface area contributed by atoms with Gasteiger partial charge in [0.05, 0.1) is 5.69 Å². The summed E-state index contributed by atoms with van der Waals surface area (Å²) in [6.07, 6.45) is 0. The van der Waals surface area contributed by atoms with Crippen molar-refractivity contribution in [2.45, 2.75) is 25.9 Å². The van der Waals surface area contributed by atoms with Crippen LogP contribution in [-0.4, -0.2) is 29.5 Å². The lowest BCUT2D eigenvalue weighted by molar-refractivity contribution is -0.115. The number of nitrogens with zero attached hydrogens (tertiary/aromatic N) is 2. The Labute approximate surface area is 191 Å². The number of halogens is 1. The van der Waals surface area contributed by atoms with E-state index in [2.05, 4.69) is 15.2 Å². The molecule has 0 aromatic heterocycles. The number of benzene rings is 3. The number of amides is 2. The van der Waals surface area contributed by atoms with Crippen LogP contribution in [0.1, 0.15) is 39.9 Å². The predicted octanol–water partition coefficient (Wildman–Crippen LogP) is 4.38. The number of anilines is 1. The van der Waals surface area contributed by atoms with Crippen molar-refractivity contribution in [1.82, 2.24) is 4.90 Å². The number of carbonyl (C=O) groups is 2. The molecule has 2 amide bonds. The van der Waals surface area contributed by atoms with Gasteiger partial charge in [-0.05, 0) is 67.1 Å².